The summed E-state index contributed by atoms with van der Waals surface area (Å²) in [5, 5.41) is 4.81. The van der Waals surface area contributed by atoms with Gasteiger partial charge >= 0.3 is 0 Å². The van der Waals surface area contributed by atoms with Gasteiger partial charge in [0.25, 0.3) is 0 Å². The largest absolute Gasteiger partial charge is 0.375 e. The number of fused-ring (bicyclic) bond motifs is 1. The molecule has 0 bridgehead atoms. The highest BCUT2D eigenvalue weighted by Crippen LogP contribution is 2.31. The molecule has 148 valence electrons. The molecule has 0 radical (unpaired) electrons. The standard InChI is InChI=1S/C22H28N4O2/c1-3-20-15(2)27-14-16-13-26(24-22(16)20)17-4-7-21(23-12-17)25-10-8-19(9-11-25)28-18-5-6-18/h3-4,7,12-13,15,18-19H,5-6,8-11,14H2,1-2H3/b20-3+. The van der Waals surface area contributed by atoms with Crippen LogP contribution in [0.5, 0.6) is 0 Å². The number of piperidine rings is 1. The lowest BCUT2D eigenvalue weighted by molar-refractivity contribution is 0.0246. The third-order valence-electron chi connectivity index (χ3n) is 5.97. The van der Waals surface area contributed by atoms with E-state index in [9.17, 15) is 0 Å². The molecular formula is C22H28N4O2. The van der Waals surface area contributed by atoms with Crippen LogP contribution in [0.2, 0.25) is 0 Å². The molecule has 6 heteroatoms. The summed E-state index contributed by atoms with van der Waals surface area (Å²) in [6, 6.07) is 4.21. The average Bonchev–Trinajstić information content (AvgIpc) is 3.44. The van der Waals surface area contributed by atoms with E-state index in [1.165, 1.54) is 12.8 Å². The monoisotopic (exact) mass is 380 g/mol. The van der Waals surface area contributed by atoms with Gasteiger partial charge < -0.3 is 14.4 Å². The van der Waals surface area contributed by atoms with E-state index < -0.39 is 0 Å². The van der Waals surface area contributed by atoms with Crippen molar-refractivity contribution in [2.24, 2.45) is 0 Å². The summed E-state index contributed by atoms with van der Waals surface area (Å²) < 4.78 is 13.8. The van der Waals surface area contributed by atoms with Crippen molar-refractivity contribution in [1.29, 1.82) is 0 Å². The molecule has 0 spiro atoms. The number of allylic oxidation sites excluding steroid dienone is 1. The number of ether oxygens (including phenoxy) is 2. The Morgan fingerprint density at radius 1 is 1.14 bits per heavy atom. The minimum Gasteiger partial charge on any atom is -0.375 e. The zero-order chi connectivity index (χ0) is 19.1. The zero-order valence-corrected chi connectivity index (χ0v) is 16.7. The first-order valence-electron chi connectivity index (χ1n) is 10.4. The molecule has 5 rings (SSSR count). The summed E-state index contributed by atoms with van der Waals surface area (Å²) in [4.78, 5) is 7.08. The maximum absolute atomic E-state index is 6.06. The van der Waals surface area contributed by atoms with Gasteiger partial charge in [-0.3, -0.25) is 0 Å². The van der Waals surface area contributed by atoms with Crippen LogP contribution < -0.4 is 4.90 Å². The van der Waals surface area contributed by atoms with E-state index in [1.807, 2.05) is 17.8 Å². The van der Waals surface area contributed by atoms with Crippen LogP contribution in [0.3, 0.4) is 0 Å². The molecule has 1 unspecified atom stereocenters. The Hall–Kier alpha value is -2.18. The topological polar surface area (TPSA) is 52.4 Å². The van der Waals surface area contributed by atoms with Gasteiger partial charge in [-0.15, -0.1) is 0 Å². The number of aromatic nitrogens is 3. The van der Waals surface area contributed by atoms with E-state index in [0.717, 1.165) is 54.3 Å². The van der Waals surface area contributed by atoms with Crippen LogP contribution in [0, 0.1) is 0 Å². The molecule has 2 aliphatic heterocycles. The molecule has 6 nitrogen and oxygen atoms in total. The maximum Gasteiger partial charge on any atom is 0.128 e. The fourth-order valence-corrected chi connectivity index (χ4v) is 4.16. The first kappa shape index (κ1) is 17.9. The van der Waals surface area contributed by atoms with Crippen molar-refractivity contribution in [3.63, 3.8) is 0 Å². The lowest BCUT2D eigenvalue weighted by Gasteiger charge is -2.32. The molecule has 1 atom stereocenters. The van der Waals surface area contributed by atoms with Crippen molar-refractivity contribution in [3.8, 4) is 5.69 Å². The van der Waals surface area contributed by atoms with Crippen molar-refractivity contribution in [1.82, 2.24) is 14.8 Å². The van der Waals surface area contributed by atoms with Gasteiger partial charge in [0.2, 0.25) is 0 Å². The molecule has 0 amide bonds. The molecule has 0 aromatic carbocycles. The third kappa shape index (κ3) is 3.47. The van der Waals surface area contributed by atoms with E-state index in [-0.39, 0.29) is 6.10 Å². The van der Waals surface area contributed by atoms with Gasteiger partial charge in [-0.05, 0) is 51.7 Å². The summed E-state index contributed by atoms with van der Waals surface area (Å²) >= 11 is 0. The van der Waals surface area contributed by atoms with Crippen LogP contribution >= 0.6 is 0 Å². The fraction of sp³-hybridized carbons (Fsp3) is 0.545. The Morgan fingerprint density at radius 3 is 2.61 bits per heavy atom. The highest BCUT2D eigenvalue weighted by molar-refractivity contribution is 5.69. The number of rotatable bonds is 4. The number of anilines is 1. The Morgan fingerprint density at radius 2 is 1.93 bits per heavy atom. The summed E-state index contributed by atoms with van der Waals surface area (Å²) in [5.41, 5.74) is 4.31. The summed E-state index contributed by atoms with van der Waals surface area (Å²) in [6.45, 7) is 6.75. The van der Waals surface area contributed by atoms with E-state index >= 15 is 0 Å². The Labute approximate surface area is 166 Å². The second-order valence-electron chi connectivity index (χ2n) is 8.04. The van der Waals surface area contributed by atoms with E-state index in [0.29, 0.717) is 18.8 Å². The number of pyridine rings is 1. The maximum atomic E-state index is 6.06. The van der Waals surface area contributed by atoms with Crippen LogP contribution in [-0.4, -0.2) is 46.2 Å². The summed E-state index contributed by atoms with van der Waals surface area (Å²) in [5.74, 6) is 1.04. The van der Waals surface area contributed by atoms with E-state index in [1.54, 1.807) is 0 Å². The normalized spacial score (nSPS) is 24.6. The van der Waals surface area contributed by atoms with Crippen molar-refractivity contribution in [3.05, 3.63) is 41.9 Å². The zero-order valence-electron chi connectivity index (χ0n) is 16.7. The molecular weight excluding hydrogens is 352 g/mol. The predicted molar refractivity (Wildman–Crippen MR) is 109 cm³/mol. The van der Waals surface area contributed by atoms with Gasteiger partial charge in [-0.25, -0.2) is 9.67 Å². The van der Waals surface area contributed by atoms with Crippen LogP contribution in [0.4, 0.5) is 5.82 Å². The number of hydrogen-bond donors (Lipinski definition) is 0. The fourth-order valence-electron chi connectivity index (χ4n) is 4.16. The minimum atomic E-state index is 0.0909. The molecule has 3 aliphatic rings. The molecule has 1 saturated carbocycles. The van der Waals surface area contributed by atoms with Crippen molar-refractivity contribution < 1.29 is 9.47 Å². The second kappa shape index (κ2) is 7.33. The third-order valence-corrected chi connectivity index (χ3v) is 5.97. The van der Waals surface area contributed by atoms with Crippen molar-refractivity contribution in [2.75, 3.05) is 18.0 Å². The Bertz CT molecular complexity index is 861. The summed E-state index contributed by atoms with van der Waals surface area (Å²) in [6.07, 6.45) is 11.8. The van der Waals surface area contributed by atoms with Crippen LogP contribution in [0.1, 0.15) is 50.8 Å². The van der Waals surface area contributed by atoms with E-state index in [4.69, 9.17) is 19.6 Å². The van der Waals surface area contributed by atoms with Crippen LogP contribution in [0.25, 0.3) is 11.3 Å². The SMILES string of the molecule is C/C=C1/c2nn(-c3ccc(N4CCC(OC5CC5)CC4)nc3)cc2COC1C. The van der Waals surface area contributed by atoms with Gasteiger partial charge in [-0.1, -0.05) is 6.08 Å². The van der Waals surface area contributed by atoms with Gasteiger partial charge in [0, 0.05) is 30.4 Å². The smallest absolute Gasteiger partial charge is 0.128 e. The van der Waals surface area contributed by atoms with Crippen LogP contribution in [-0.2, 0) is 16.1 Å². The highest BCUT2D eigenvalue weighted by atomic mass is 16.5. The van der Waals surface area contributed by atoms with Gasteiger partial charge in [0.1, 0.15) is 5.82 Å². The van der Waals surface area contributed by atoms with Crippen LogP contribution in [0.15, 0.2) is 30.6 Å². The predicted octanol–water partition coefficient (Wildman–Crippen LogP) is 3.74. The van der Waals surface area contributed by atoms with Gasteiger partial charge in [-0.2, -0.15) is 5.10 Å². The minimum absolute atomic E-state index is 0.0909. The van der Waals surface area contributed by atoms with E-state index in [2.05, 4.69) is 36.2 Å². The van der Waals surface area contributed by atoms with Gasteiger partial charge in [0.15, 0.2) is 0 Å². The Balaban J connectivity index is 1.28. The first-order chi connectivity index (χ1) is 13.7. The molecule has 4 heterocycles. The summed E-state index contributed by atoms with van der Waals surface area (Å²) in [7, 11) is 0. The lowest BCUT2D eigenvalue weighted by Crippen LogP contribution is -2.37. The Kier molecular flexibility index (Phi) is 4.69. The van der Waals surface area contributed by atoms with Crippen molar-refractivity contribution >= 4 is 11.4 Å². The molecule has 2 aromatic heterocycles. The molecule has 2 fully saturated rings. The molecule has 2 aromatic rings. The lowest BCUT2D eigenvalue weighted by atomic mass is 10.0. The van der Waals surface area contributed by atoms with Crippen molar-refractivity contribution in [2.45, 2.75) is 64.4 Å². The molecule has 1 saturated heterocycles. The highest BCUT2D eigenvalue weighted by Gasteiger charge is 2.29. The first-order valence-corrected chi connectivity index (χ1v) is 10.4. The van der Waals surface area contributed by atoms with Gasteiger partial charge in [0.05, 0.1) is 42.5 Å². The number of nitrogens with zero attached hydrogens (tertiary/aromatic N) is 4. The molecule has 28 heavy (non-hydrogen) atoms. The average molecular weight is 380 g/mol. The number of hydrogen-bond acceptors (Lipinski definition) is 5. The molecule has 1 aliphatic carbocycles. The quantitative estimate of drug-likeness (QED) is 0.809. The molecule has 0 N–H and O–H groups in total. The second-order valence-corrected chi connectivity index (χ2v) is 8.04.